The normalized spacial score (nSPS) is 15.9. The van der Waals surface area contributed by atoms with E-state index in [9.17, 15) is 34.3 Å². The Hall–Kier alpha value is -7.15. The monoisotopic (exact) mass is 1130 g/mol. The zero-order chi connectivity index (χ0) is 57.4. The van der Waals surface area contributed by atoms with Crippen molar-refractivity contribution in [2.45, 2.75) is 109 Å². The molecule has 0 saturated carbocycles. The Kier molecular flexibility index (Phi) is 25.4. The molecule has 1 unspecified atom stereocenters. The third-order valence-electron chi connectivity index (χ3n) is 13.0. The SMILES string of the molecule is CCCCCCOc1ccc(C(=O)N[C@@H](CCNC(CCCC)COc2ccc(C(=O)O)c(Cl)c2)C(=O)N(C)[C@@H]2C(=O)N[C@@H](C)C(=O)N[C@H](C(=O)NCC#N)Cc3ccc(OCCN)c(c3)-c3cc2ccc3OCCN)c(Cl)c1. The lowest BCUT2D eigenvalue weighted by Crippen LogP contribution is -2.56. The van der Waals surface area contributed by atoms with Crippen LogP contribution < -0.4 is 57.0 Å². The molecule has 1 aliphatic rings. The second-order valence-electron chi connectivity index (χ2n) is 19.0. The van der Waals surface area contributed by atoms with Crippen molar-refractivity contribution in [3.05, 3.63) is 105 Å². The topological polar surface area (TPSA) is 299 Å². The number of nitriles is 1. The van der Waals surface area contributed by atoms with Crippen LogP contribution in [0, 0.1) is 11.3 Å². The van der Waals surface area contributed by atoms with Crippen molar-refractivity contribution in [3.63, 3.8) is 0 Å². The number of carboxylic acids is 1. The van der Waals surface area contributed by atoms with Gasteiger partial charge in [-0.3, -0.25) is 24.0 Å². The molecule has 0 radical (unpaired) electrons. The minimum absolute atomic E-state index is 0.0125. The first-order chi connectivity index (χ1) is 38.0. The number of unbranched alkanes of at least 4 members (excludes halogenated alkanes) is 4. The summed E-state index contributed by atoms with van der Waals surface area (Å²) >= 11 is 13.0. The number of amides is 5. The fraction of sp³-hybridized carbons (Fsp3) is 0.456. The van der Waals surface area contributed by atoms with Gasteiger partial charge >= 0.3 is 5.97 Å². The number of likely N-dealkylation sites (N-methyl/N-ethyl adjacent to an activating group) is 1. The van der Waals surface area contributed by atoms with Crippen molar-refractivity contribution >= 4 is 58.7 Å². The Balaban J connectivity index is 1.57. The van der Waals surface area contributed by atoms with Crippen LogP contribution >= 0.6 is 23.2 Å². The van der Waals surface area contributed by atoms with Gasteiger partial charge in [0.05, 0.1) is 33.8 Å². The summed E-state index contributed by atoms with van der Waals surface area (Å²) in [5.41, 5.74) is 13.5. The van der Waals surface area contributed by atoms with Crippen LogP contribution in [0.4, 0.5) is 0 Å². The largest absolute Gasteiger partial charge is 0.494 e. The second-order valence-corrected chi connectivity index (χ2v) is 19.8. The van der Waals surface area contributed by atoms with Crippen molar-refractivity contribution in [2.75, 3.05) is 59.7 Å². The van der Waals surface area contributed by atoms with E-state index in [1.165, 1.54) is 43.1 Å². The Morgan fingerprint density at radius 2 is 1.43 bits per heavy atom. The zero-order valence-corrected chi connectivity index (χ0v) is 46.7. The van der Waals surface area contributed by atoms with E-state index in [4.69, 9.17) is 53.6 Å². The molecule has 79 heavy (non-hydrogen) atoms. The third-order valence-corrected chi connectivity index (χ3v) is 13.6. The minimum Gasteiger partial charge on any atom is -0.494 e. The first-order valence-electron chi connectivity index (χ1n) is 26.6. The van der Waals surface area contributed by atoms with Gasteiger partial charge in [0.2, 0.25) is 23.6 Å². The number of benzene rings is 4. The van der Waals surface area contributed by atoms with E-state index in [1.807, 2.05) is 13.0 Å². The van der Waals surface area contributed by atoms with Gasteiger partial charge in [-0.25, -0.2) is 4.79 Å². The number of hydrogen-bond acceptors (Lipinski definition) is 14. The van der Waals surface area contributed by atoms with E-state index in [2.05, 4.69) is 33.5 Å². The fourth-order valence-corrected chi connectivity index (χ4v) is 9.28. The molecule has 1 aliphatic heterocycles. The highest BCUT2D eigenvalue weighted by molar-refractivity contribution is 6.34. The van der Waals surface area contributed by atoms with Gasteiger partial charge in [0.15, 0.2) is 0 Å². The predicted octanol–water partition coefficient (Wildman–Crippen LogP) is 6.09. The lowest BCUT2D eigenvalue weighted by Gasteiger charge is -2.33. The number of nitrogens with one attached hydrogen (secondary N) is 5. The molecule has 1 heterocycles. The summed E-state index contributed by atoms with van der Waals surface area (Å²) in [4.78, 5) is 84.9. The molecule has 0 aliphatic carbocycles. The summed E-state index contributed by atoms with van der Waals surface area (Å²) in [7, 11) is 1.41. The molecule has 5 amide bonds. The molecule has 0 spiro atoms. The number of aromatic carboxylic acids is 1. The number of rotatable bonds is 29. The quantitative estimate of drug-likeness (QED) is 0.0225. The minimum atomic E-state index is -1.48. The molecular formula is C57H73Cl2N9O11. The molecule has 4 aromatic carbocycles. The van der Waals surface area contributed by atoms with Crippen LogP contribution in [0.1, 0.15) is 110 Å². The van der Waals surface area contributed by atoms with E-state index in [1.54, 1.807) is 48.5 Å². The molecule has 426 valence electrons. The average molecular weight is 1130 g/mol. The first-order valence-corrected chi connectivity index (χ1v) is 27.4. The van der Waals surface area contributed by atoms with Crippen LogP contribution in [0.15, 0.2) is 72.8 Å². The number of nitrogens with zero attached hydrogens (tertiary/aromatic N) is 2. The Labute approximate surface area is 471 Å². The number of hydrogen-bond donors (Lipinski definition) is 8. The molecule has 5 atom stereocenters. The first kappa shape index (κ1) is 62.7. The van der Waals surface area contributed by atoms with E-state index in [0.717, 1.165) is 38.5 Å². The van der Waals surface area contributed by atoms with E-state index in [-0.39, 0.29) is 91.6 Å². The van der Waals surface area contributed by atoms with E-state index < -0.39 is 59.7 Å². The Morgan fingerprint density at radius 3 is 2.06 bits per heavy atom. The number of halogens is 2. The van der Waals surface area contributed by atoms with Gasteiger partial charge < -0.3 is 67.0 Å². The maximum Gasteiger partial charge on any atom is 0.337 e. The predicted molar refractivity (Wildman–Crippen MR) is 301 cm³/mol. The lowest BCUT2D eigenvalue weighted by molar-refractivity contribution is -0.141. The number of fused-ring (bicyclic) bond motifs is 5. The molecule has 4 aromatic rings. The number of carbonyl (C=O) groups excluding carboxylic acids is 5. The average Bonchev–Trinajstić information content (AvgIpc) is 3.46. The molecule has 0 saturated heterocycles. The van der Waals surface area contributed by atoms with E-state index >= 15 is 4.79 Å². The Morgan fingerprint density at radius 1 is 0.785 bits per heavy atom. The number of nitrogens with two attached hydrogens (primary N) is 2. The van der Waals surface area contributed by atoms with Crippen LogP contribution in [-0.4, -0.2) is 129 Å². The standard InChI is InChI=1S/C57H73Cl2N9O11/c1-5-7-9-10-26-76-39-14-16-41(45(58)32-39)53(70)66-47(20-24-63-38(11-8-6-2)34-79-40-15-17-42(57(74)75)46(59)33-40)56(73)68(4)51-37-13-19-50(78-28-23-62)44(31-37)43-29-36(12-18-49(43)77-27-22-61)30-48(54(71)64-25-21-60)67-52(69)35(3)65-55(51)72/h12-19,29,31-33,35,38,47-48,51,63H,5-11,20,22-28,30,34,61-62H2,1-4H3,(H,64,71)(H,65,72)(H,66,70)(H,67,69)(H,74,75)/t35-,38?,47-,48-,51-/m0/s1. The van der Waals surface area contributed by atoms with Crippen LogP contribution in [0.2, 0.25) is 10.0 Å². The summed E-state index contributed by atoms with van der Waals surface area (Å²) in [5, 5.41) is 33.2. The van der Waals surface area contributed by atoms with Gasteiger partial charge in [-0.1, -0.05) is 81.3 Å². The molecule has 0 aromatic heterocycles. The fourth-order valence-electron chi connectivity index (χ4n) is 8.77. The summed E-state index contributed by atoms with van der Waals surface area (Å²) < 4.78 is 24.3. The van der Waals surface area contributed by atoms with Crippen molar-refractivity contribution < 1.29 is 52.8 Å². The molecule has 0 fully saturated rings. The summed E-state index contributed by atoms with van der Waals surface area (Å²) in [6.07, 6.45) is 6.28. The van der Waals surface area contributed by atoms with Gasteiger partial charge in [0.1, 0.15) is 73.5 Å². The molecular weight excluding hydrogens is 1060 g/mol. The van der Waals surface area contributed by atoms with Crippen LogP contribution in [0.5, 0.6) is 23.0 Å². The van der Waals surface area contributed by atoms with Crippen molar-refractivity contribution in [1.29, 1.82) is 5.26 Å². The lowest BCUT2D eigenvalue weighted by atomic mass is 9.93. The van der Waals surface area contributed by atoms with E-state index in [0.29, 0.717) is 52.7 Å². The number of ether oxygens (including phenoxy) is 4. The number of carboxylic acid groups (broad SMARTS) is 1. The van der Waals surface area contributed by atoms with Crippen LogP contribution in [0.25, 0.3) is 11.1 Å². The smallest absolute Gasteiger partial charge is 0.337 e. The molecule has 4 bridgehead atoms. The molecule has 20 nitrogen and oxygen atoms in total. The van der Waals surface area contributed by atoms with Crippen molar-refractivity contribution in [2.24, 2.45) is 11.5 Å². The summed E-state index contributed by atoms with van der Waals surface area (Å²) in [6, 6.07) is 15.4. The Bertz CT molecular complexity index is 2780. The molecule has 10 N–H and O–H groups in total. The van der Waals surface area contributed by atoms with Gasteiger partial charge in [-0.05, 0) is 105 Å². The van der Waals surface area contributed by atoms with Crippen molar-refractivity contribution in [3.8, 4) is 40.2 Å². The third kappa shape index (κ3) is 18.5. The van der Waals surface area contributed by atoms with Gasteiger partial charge in [-0.2, -0.15) is 5.26 Å². The van der Waals surface area contributed by atoms with Gasteiger partial charge in [-0.15, -0.1) is 0 Å². The van der Waals surface area contributed by atoms with Crippen LogP contribution in [-0.2, 0) is 25.6 Å². The number of carbonyl (C=O) groups is 6. The summed E-state index contributed by atoms with van der Waals surface area (Å²) in [5.74, 6) is -3.17. The van der Waals surface area contributed by atoms with Gasteiger partial charge in [0, 0.05) is 43.7 Å². The highest BCUT2D eigenvalue weighted by atomic mass is 35.5. The second kappa shape index (κ2) is 32.1. The highest BCUT2D eigenvalue weighted by Crippen LogP contribution is 2.40. The molecule has 22 heteroatoms. The maximum absolute atomic E-state index is 15.4. The van der Waals surface area contributed by atoms with Crippen LogP contribution in [0.3, 0.4) is 0 Å². The van der Waals surface area contributed by atoms with Crippen molar-refractivity contribution in [1.82, 2.24) is 31.5 Å². The van der Waals surface area contributed by atoms with Gasteiger partial charge in [0.25, 0.3) is 5.91 Å². The maximum atomic E-state index is 15.4. The summed E-state index contributed by atoms with van der Waals surface area (Å²) in [6.45, 7) is 6.57. The molecule has 5 rings (SSSR count). The highest BCUT2D eigenvalue weighted by Gasteiger charge is 2.36. The zero-order valence-electron chi connectivity index (χ0n) is 45.2.